The first kappa shape index (κ1) is 13.5. The number of aromatic nitrogens is 2. The molecular weight excluding hydrogens is 230 g/mol. The van der Waals surface area contributed by atoms with E-state index in [0.29, 0.717) is 6.61 Å². The van der Waals surface area contributed by atoms with E-state index < -0.39 is 0 Å². The maximum atomic E-state index is 5.59. The lowest BCUT2D eigenvalue weighted by atomic mass is 10.0. The second kappa shape index (κ2) is 5.38. The molecule has 1 aliphatic rings. The Bertz CT molecular complexity index is 409. The van der Waals surface area contributed by atoms with Crippen LogP contribution in [-0.2, 0) is 23.1 Å². The first-order valence-electron chi connectivity index (χ1n) is 6.41. The molecule has 2 rings (SSSR count). The molecule has 2 heterocycles. The van der Waals surface area contributed by atoms with Crippen LogP contribution in [0.4, 0.5) is 0 Å². The summed E-state index contributed by atoms with van der Waals surface area (Å²) in [7, 11) is 3.74. The van der Waals surface area contributed by atoms with Crippen LogP contribution in [-0.4, -0.2) is 42.2 Å². The maximum absolute atomic E-state index is 5.59. The summed E-state index contributed by atoms with van der Waals surface area (Å²) < 4.78 is 12.9. The molecule has 1 N–H and O–H groups in total. The summed E-state index contributed by atoms with van der Waals surface area (Å²) in [5.41, 5.74) is 3.44. The van der Waals surface area contributed by atoms with Crippen molar-refractivity contribution in [1.82, 2.24) is 15.1 Å². The van der Waals surface area contributed by atoms with E-state index in [2.05, 4.69) is 24.3 Å². The molecule has 1 saturated heterocycles. The van der Waals surface area contributed by atoms with Gasteiger partial charge in [0.15, 0.2) is 0 Å². The van der Waals surface area contributed by atoms with Crippen molar-refractivity contribution in [3.8, 4) is 0 Å². The highest BCUT2D eigenvalue weighted by Crippen LogP contribution is 2.21. The normalized spacial score (nSPS) is 23.8. The quantitative estimate of drug-likeness (QED) is 0.848. The summed E-state index contributed by atoms with van der Waals surface area (Å²) >= 11 is 0. The number of hydrogen-bond donors (Lipinski definition) is 1. The molecule has 0 radical (unpaired) electrons. The molecule has 1 aromatic heterocycles. The second-order valence-electron chi connectivity index (χ2n) is 5.07. The summed E-state index contributed by atoms with van der Waals surface area (Å²) in [6, 6.07) is 0. The van der Waals surface area contributed by atoms with Crippen LogP contribution in [0.1, 0.15) is 23.4 Å². The summed E-state index contributed by atoms with van der Waals surface area (Å²) in [5, 5.41) is 7.89. The van der Waals surface area contributed by atoms with E-state index in [9.17, 15) is 0 Å². The predicted octanol–water partition coefficient (Wildman–Crippen LogP) is 0.932. The van der Waals surface area contributed by atoms with Crippen LogP contribution in [0.5, 0.6) is 0 Å². The monoisotopic (exact) mass is 253 g/mol. The summed E-state index contributed by atoms with van der Waals surface area (Å²) in [6.45, 7) is 7.27. The lowest BCUT2D eigenvalue weighted by Gasteiger charge is -2.26. The Kier molecular flexibility index (Phi) is 4.04. The molecule has 0 amide bonds. The van der Waals surface area contributed by atoms with Gasteiger partial charge in [-0.25, -0.2) is 0 Å². The molecule has 1 aliphatic heterocycles. The minimum atomic E-state index is -0.149. The van der Waals surface area contributed by atoms with Gasteiger partial charge in [0.2, 0.25) is 0 Å². The van der Waals surface area contributed by atoms with Crippen LogP contribution in [0.3, 0.4) is 0 Å². The Morgan fingerprint density at radius 2 is 2.28 bits per heavy atom. The molecule has 0 aromatic carbocycles. The predicted molar refractivity (Wildman–Crippen MR) is 69.6 cm³/mol. The number of nitrogens with zero attached hydrogens (tertiary/aromatic N) is 2. The summed E-state index contributed by atoms with van der Waals surface area (Å²) in [5.74, 6) is 0. The molecule has 5 nitrogen and oxygen atoms in total. The Hall–Kier alpha value is -0.910. The van der Waals surface area contributed by atoms with Gasteiger partial charge in [0, 0.05) is 51.5 Å². The van der Waals surface area contributed by atoms with Crippen molar-refractivity contribution in [2.75, 3.05) is 26.9 Å². The molecule has 0 bridgehead atoms. The SMILES string of the molecule is COC1(CNCc2c(C)nn(C)c2C)CCOC1. The first-order chi connectivity index (χ1) is 8.58. The molecule has 1 fully saturated rings. The van der Waals surface area contributed by atoms with E-state index in [4.69, 9.17) is 9.47 Å². The van der Waals surface area contributed by atoms with Crippen molar-refractivity contribution in [3.63, 3.8) is 0 Å². The van der Waals surface area contributed by atoms with Gasteiger partial charge in [-0.15, -0.1) is 0 Å². The molecule has 0 saturated carbocycles. The summed E-state index contributed by atoms with van der Waals surface area (Å²) in [6.07, 6.45) is 0.960. The van der Waals surface area contributed by atoms with Gasteiger partial charge in [0.25, 0.3) is 0 Å². The molecule has 18 heavy (non-hydrogen) atoms. The van der Waals surface area contributed by atoms with Crippen LogP contribution in [0, 0.1) is 13.8 Å². The van der Waals surface area contributed by atoms with E-state index in [1.54, 1.807) is 7.11 Å². The number of methoxy groups -OCH3 is 1. The first-order valence-corrected chi connectivity index (χ1v) is 6.41. The highest BCUT2D eigenvalue weighted by atomic mass is 16.5. The van der Waals surface area contributed by atoms with E-state index in [-0.39, 0.29) is 5.60 Å². The number of rotatable bonds is 5. The fraction of sp³-hybridized carbons (Fsp3) is 0.769. The minimum Gasteiger partial charge on any atom is -0.378 e. The number of nitrogens with one attached hydrogen (secondary N) is 1. The molecule has 1 unspecified atom stereocenters. The van der Waals surface area contributed by atoms with Gasteiger partial charge in [-0.3, -0.25) is 4.68 Å². The van der Waals surface area contributed by atoms with Crippen LogP contribution < -0.4 is 5.32 Å². The number of aryl methyl sites for hydroxylation is 2. The molecule has 1 aromatic rings. The Morgan fingerprint density at radius 1 is 1.50 bits per heavy atom. The summed E-state index contributed by atoms with van der Waals surface area (Å²) in [4.78, 5) is 0. The lowest BCUT2D eigenvalue weighted by molar-refractivity contribution is -0.0159. The van der Waals surface area contributed by atoms with Crippen LogP contribution in [0.2, 0.25) is 0 Å². The zero-order valence-electron chi connectivity index (χ0n) is 11.7. The van der Waals surface area contributed by atoms with Crippen molar-refractivity contribution in [3.05, 3.63) is 17.0 Å². The third-order valence-electron chi connectivity index (χ3n) is 3.91. The molecule has 0 spiro atoms. The molecule has 102 valence electrons. The Labute approximate surface area is 108 Å². The van der Waals surface area contributed by atoms with Gasteiger partial charge in [-0.2, -0.15) is 5.10 Å². The zero-order valence-corrected chi connectivity index (χ0v) is 11.7. The Balaban J connectivity index is 1.92. The molecule has 5 heteroatoms. The number of hydrogen-bond acceptors (Lipinski definition) is 4. The second-order valence-corrected chi connectivity index (χ2v) is 5.07. The fourth-order valence-corrected chi connectivity index (χ4v) is 2.45. The van der Waals surface area contributed by atoms with Crippen LogP contribution in [0.15, 0.2) is 0 Å². The molecule has 1 atom stereocenters. The molecular formula is C13H23N3O2. The van der Waals surface area contributed by atoms with E-state index in [1.165, 1.54) is 11.3 Å². The zero-order chi connectivity index (χ0) is 13.2. The van der Waals surface area contributed by atoms with Gasteiger partial charge >= 0.3 is 0 Å². The van der Waals surface area contributed by atoms with Crippen molar-refractivity contribution in [2.45, 2.75) is 32.4 Å². The highest BCUT2D eigenvalue weighted by Gasteiger charge is 2.34. The molecule has 0 aliphatic carbocycles. The van der Waals surface area contributed by atoms with Gasteiger partial charge in [0.1, 0.15) is 5.60 Å². The lowest BCUT2D eigenvalue weighted by Crippen LogP contribution is -2.42. The van der Waals surface area contributed by atoms with E-state index in [1.807, 2.05) is 11.7 Å². The standard InChI is InChI=1S/C13H23N3O2/c1-10-12(11(2)16(3)15-10)7-14-8-13(17-4)5-6-18-9-13/h14H,5-9H2,1-4H3. The smallest absolute Gasteiger partial charge is 0.106 e. The average molecular weight is 253 g/mol. The van der Waals surface area contributed by atoms with Gasteiger partial charge in [-0.05, 0) is 13.8 Å². The van der Waals surface area contributed by atoms with Crippen molar-refractivity contribution in [1.29, 1.82) is 0 Å². The largest absolute Gasteiger partial charge is 0.378 e. The fourth-order valence-electron chi connectivity index (χ4n) is 2.45. The highest BCUT2D eigenvalue weighted by molar-refractivity contribution is 5.24. The van der Waals surface area contributed by atoms with Crippen molar-refractivity contribution >= 4 is 0 Å². The van der Waals surface area contributed by atoms with Gasteiger partial charge in [0.05, 0.1) is 12.3 Å². The van der Waals surface area contributed by atoms with Gasteiger partial charge in [-0.1, -0.05) is 0 Å². The van der Waals surface area contributed by atoms with Crippen molar-refractivity contribution < 1.29 is 9.47 Å². The average Bonchev–Trinajstić information content (AvgIpc) is 2.91. The van der Waals surface area contributed by atoms with Crippen LogP contribution >= 0.6 is 0 Å². The third kappa shape index (κ3) is 2.58. The topological polar surface area (TPSA) is 48.3 Å². The van der Waals surface area contributed by atoms with E-state index in [0.717, 1.165) is 31.8 Å². The van der Waals surface area contributed by atoms with Gasteiger partial charge < -0.3 is 14.8 Å². The third-order valence-corrected chi connectivity index (χ3v) is 3.91. The maximum Gasteiger partial charge on any atom is 0.106 e. The van der Waals surface area contributed by atoms with E-state index >= 15 is 0 Å². The van der Waals surface area contributed by atoms with Crippen molar-refractivity contribution in [2.24, 2.45) is 7.05 Å². The minimum absolute atomic E-state index is 0.149. The van der Waals surface area contributed by atoms with Crippen LogP contribution in [0.25, 0.3) is 0 Å². The number of ether oxygens (including phenoxy) is 2. The Morgan fingerprint density at radius 3 is 2.78 bits per heavy atom.